The van der Waals surface area contributed by atoms with Crippen LogP contribution in [0.4, 0.5) is 0 Å². The zero-order chi connectivity index (χ0) is 15.7. The van der Waals surface area contributed by atoms with E-state index in [0.29, 0.717) is 17.6 Å². The van der Waals surface area contributed by atoms with Crippen LogP contribution >= 0.6 is 0 Å². The summed E-state index contributed by atoms with van der Waals surface area (Å²) in [6.07, 6.45) is 10.7. The monoisotopic (exact) mass is 314 g/mol. The Labute approximate surface area is 138 Å². The molecule has 0 N–H and O–H groups in total. The predicted octanol–water partition coefficient (Wildman–Crippen LogP) is 3.94. The summed E-state index contributed by atoms with van der Waals surface area (Å²) in [4.78, 5) is 12.4. The summed E-state index contributed by atoms with van der Waals surface area (Å²) in [7, 11) is 0. The molecule has 1 saturated carbocycles. The number of ketones is 1. The van der Waals surface area contributed by atoms with Gasteiger partial charge < -0.3 is 9.47 Å². The molecule has 0 aromatic carbocycles. The molecule has 124 valence electrons. The predicted molar refractivity (Wildman–Crippen MR) is 86.8 cm³/mol. The molecule has 0 radical (unpaired) electrons. The minimum atomic E-state index is -0.307. The number of hydrogen-bond donors (Lipinski definition) is 0. The van der Waals surface area contributed by atoms with E-state index in [1.807, 2.05) is 0 Å². The van der Waals surface area contributed by atoms with Crippen LogP contribution in [0.3, 0.4) is 0 Å². The Morgan fingerprint density at radius 2 is 1.96 bits per heavy atom. The van der Waals surface area contributed by atoms with Gasteiger partial charge in [-0.1, -0.05) is 18.6 Å². The largest absolute Gasteiger partial charge is 0.347 e. The molecule has 1 heterocycles. The van der Waals surface area contributed by atoms with Gasteiger partial charge in [-0.25, -0.2) is 0 Å². The van der Waals surface area contributed by atoms with Crippen molar-refractivity contribution in [2.24, 2.45) is 17.3 Å². The lowest BCUT2D eigenvalue weighted by Crippen LogP contribution is -2.41. The first-order chi connectivity index (χ1) is 11.1. The average Bonchev–Trinajstić information content (AvgIpc) is 3.12. The number of allylic oxidation sites excluding steroid dienone is 3. The van der Waals surface area contributed by atoms with Crippen molar-refractivity contribution in [2.75, 3.05) is 13.2 Å². The minimum absolute atomic E-state index is 0.0696. The molecule has 1 aliphatic heterocycles. The van der Waals surface area contributed by atoms with Crippen molar-refractivity contribution in [1.82, 2.24) is 0 Å². The summed E-state index contributed by atoms with van der Waals surface area (Å²) in [5.41, 5.74) is 4.71. The van der Waals surface area contributed by atoms with Crippen molar-refractivity contribution in [3.63, 3.8) is 0 Å². The highest BCUT2D eigenvalue weighted by molar-refractivity contribution is 5.87. The van der Waals surface area contributed by atoms with Crippen LogP contribution < -0.4 is 0 Å². The first kappa shape index (κ1) is 14.4. The van der Waals surface area contributed by atoms with Gasteiger partial charge in [-0.05, 0) is 55.1 Å². The van der Waals surface area contributed by atoms with Crippen LogP contribution in [0.2, 0.25) is 0 Å². The third kappa shape index (κ3) is 1.93. The number of rotatable bonds is 0. The Morgan fingerprint density at radius 1 is 1.13 bits per heavy atom. The van der Waals surface area contributed by atoms with Crippen LogP contribution in [0.25, 0.3) is 0 Å². The van der Waals surface area contributed by atoms with Gasteiger partial charge in [0.1, 0.15) is 5.78 Å². The number of fused-ring (bicyclic) bond motifs is 4. The molecule has 5 aliphatic rings. The molecule has 0 unspecified atom stereocenters. The fraction of sp³-hybridized carbons (Fsp3) is 0.750. The fourth-order valence-electron chi connectivity index (χ4n) is 6.08. The van der Waals surface area contributed by atoms with Gasteiger partial charge in [-0.2, -0.15) is 0 Å². The van der Waals surface area contributed by atoms with Crippen LogP contribution in [0.1, 0.15) is 58.3 Å². The molecule has 5 rings (SSSR count). The highest BCUT2D eigenvalue weighted by Crippen LogP contribution is 2.58. The zero-order valence-electron chi connectivity index (χ0n) is 14.0. The van der Waals surface area contributed by atoms with Crippen LogP contribution in [0, 0.1) is 17.3 Å². The molecule has 3 nitrogen and oxygen atoms in total. The first-order valence-corrected chi connectivity index (χ1v) is 9.34. The van der Waals surface area contributed by atoms with Gasteiger partial charge in [0, 0.05) is 24.7 Å². The van der Waals surface area contributed by atoms with Gasteiger partial charge in [0.25, 0.3) is 0 Å². The van der Waals surface area contributed by atoms with Crippen molar-refractivity contribution in [3.05, 3.63) is 22.8 Å². The number of carbonyl (C=O) groups is 1. The van der Waals surface area contributed by atoms with Crippen molar-refractivity contribution < 1.29 is 14.3 Å². The van der Waals surface area contributed by atoms with E-state index < -0.39 is 0 Å². The maximum absolute atomic E-state index is 12.4. The lowest BCUT2D eigenvalue weighted by molar-refractivity contribution is -0.164. The van der Waals surface area contributed by atoms with Crippen molar-refractivity contribution in [3.8, 4) is 0 Å². The topological polar surface area (TPSA) is 35.5 Å². The molecule has 3 heteroatoms. The van der Waals surface area contributed by atoms with E-state index >= 15 is 0 Å². The smallest absolute Gasteiger partial charge is 0.172 e. The van der Waals surface area contributed by atoms with E-state index in [1.165, 1.54) is 12.8 Å². The lowest BCUT2D eigenvalue weighted by Gasteiger charge is -2.46. The quantitative estimate of drug-likeness (QED) is 0.679. The number of hydrogen-bond acceptors (Lipinski definition) is 3. The van der Waals surface area contributed by atoms with E-state index in [1.54, 1.807) is 16.7 Å². The lowest BCUT2D eigenvalue weighted by atomic mass is 9.58. The Morgan fingerprint density at radius 3 is 2.78 bits per heavy atom. The molecule has 1 spiro atoms. The molecule has 0 aromatic rings. The summed E-state index contributed by atoms with van der Waals surface area (Å²) >= 11 is 0. The fourth-order valence-corrected chi connectivity index (χ4v) is 6.08. The number of carbonyl (C=O) groups excluding carboxylic acids is 1. The molecule has 23 heavy (non-hydrogen) atoms. The first-order valence-electron chi connectivity index (χ1n) is 9.34. The second-order valence-electron chi connectivity index (χ2n) is 8.36. The molecule has 1 saturated heterocycles. The van der Waals surface area contributed by atoms with Crippen molar-refractivity contribution >= 4 is 5.78 Å². The molecule has 0 bridgehead atoms. The van der Waals surface area contributed by atoms with Gasteiger partial charge in [0.05, 0.1) is 13.2 Å². The molecule has 0 amide bonds. The summed E-state index contributed by atoms with van der Waals surface area (Å²) < 4.78 is 11.9. The Kier molecular flexibility index (Phi) is 3.01. The Bertz CT molecular complexity index is 623. The number of Topliss-reactive ketones (excluding diaryl/α,β-unsaturated/α-hetero) is 1. The third-order valence-electron chi connectivity index (χ3n) is 7.35. The van der Waals surface area contributed by atoms with Gasteiger partial charge in [0.2, 0.25) is 0 Å². The maximum Gasteiger partial charge on any atom is 0.172 e. The van der Waals surface area contributed by atoms with Gasteiger partial charge in [-0.3, -0.25) is 4.79 Å². The highest BCUT2D eigenvalue weighted by atomic mass is 16.7. The maximum atomic E-state index is 12.4. The van der Waals surface area contributed by atoms with Crippen LogP contribution in [-0.2, 0) is 14.3 Å². The molecular formula is C20H26O3. The molecular weight excluding hydrogens is 288 g/mol. The van der Waals surface area contributed by atoms with E-state index in [0.717, 1.165) is 51.7 Å². The van der Waals surface area contributed by atoms with E-state index in [-0.39, 0.29) is 11.2 Å². The van der Waals surface area contributed by atoms with Crippen LogP contribution in [-0.4, -0.2) is 24.8 Å². The van der Waals surface area contributed by atoms with E-state index in [4.69, 9.17) is 9.47 Å². The summed E-state index contributed by atoms with van der Waals surface area (Å²) in [5, 5.41) is 0. The standard InChI is InChI=1S/C20H26O3/c1-19-8-6-15-14-7-9-20(22-10-11-23-20)12-13(14)2-3-16(15)17(19)4-5-18(19)21/h6,16-17H,2-5,7-12H2,1H3/t16-,17-,19+/m0/s1. The van der Waals surface area contributed by atoms with Crippen molar-refractivity contribution in [2.45, 2.75) is 64.1 Å². The SMILES string of the molecule is C[C@@]12CC=C3C4=C(CC[C@@H]3[C@@H]1CCC2=O)CC1(CC4)OCCO1. The van der Waals surface area contributed by atoms with E-state index in [2.05, 4.69) is 13.0 Å². The van der Waals surface area contributed by atoms with E-state index in [9.17, 15) is 4.79 Å². The molecule has 4 aliphatic carbocycles. The minimum Gasteiger partial charge on any atom is -0.347 e. The normalized spacial score (nSPS) is 41.6. The number of ether oxygens (including phenoxy) is 2. The molecule has 3 atom stereocenters. The molecule has 2 fully saturated rings. The summed E-state index contributed by atoms with van der Waals surface area (Å²) in [6, 6.07) is 0. The highest BCUT2D eigenvalue weighted by Gasteiger charge is 2.53. The van der Waals surface area contributed by atoms with Gasteiger partial charge >= 0.3 is 0 Å². The van der Waals surface area contributed by atoms with Crippen LogP contribution in [0.5, 0.6) is 0 Å². The summed E-state index contributed by atoms with van der Waals surface area (Å²) in [6.45, 7) is 3.72. The molecule has 0 aromatic heterocycles. The van der Waals surface area contributed by atoms with Crippen molar-refractivity contribution in [1.29, 1.82) is 0 Å². The van der Waals surface area contributed by atoms with Gasteiger partial charge in [-0.15, -0.1) is 0 Å². The summed E-state index contributed by atoms with van der Waals surface area (Å²) in [5.74, 6) is 1.41. The third-order valence-corrected chi connectivity index (χ3v) is 7.35. The zero-order valence-corrected chi connectivity index (χ0v) is 14.0. The Balaban J connectivity index is 1.49. The second-order valence-corrected chi connectivity index (χ2v) is 8.36. The van der Waals surface area contributed by atoms with Crippen LogP contribution in [0.15, 0.2) is 22.8 Å². The van der Waals surface area contributed by atoms with Gasteiger partial charge in [0.15, 0.2) is 5.79 Å². The Hall–Kier alpha value is -0.930. The second kappa shape index (κ2) is 4.80. The average molecular weight is 314 g/mol.